The highest BCUT2D eigenvalue weighted by atomic mass is 16.5. The zero-order chi connectivity index (χ0) is 11.4. The maximum Gasteiger partial charge on any atom is 0.0594 e. The van der Waals surface area contributed by atoms with Crippen LogP contribution < -0.4 is 5.73 Å². The molecule has 2 fully saturated rings. The molecule has 0 radical (unpaired) electrons. The first kappa shape index (κ1) is 12.3. The van der Waals surface area contributed by atoms with Crippen molar-refractivity contribution in [3.8, 4) is 0 Å². The van der Waals surface area contributed by atoms with Crippen LogP contribution in [0.25, 0.3) is 0 Å². The van der Waals surface area contributed by atoms with Gasteiger partial charge in [-0.1, -0.05) is 0 Å². The number of rotatable bonds is 4. The molecule has 0 saturated carbocycles. The molecule has 0 aromatic heterocycles. The van der Waals surface area contributed by atoms with E-state index in [4.69, 9.17) is 10.5 Å². The smallest absolute Gasteiger partial charge is 0.0594 e. The van der Waals surface area contributed by atoms with Crippen molar-refractivity contribution in [3.05, 3.63) is 0 Å². The Kier molecular flexibility index (Phi) is 4.58. The molecule has 2 aliphatic rings. The number of nitrogens with zero attached hydrogens (tertiary/aromatic N) is 2. The highest BCUT2D eigenvalue weighted by molar-refractivity contribution is 4.81. The molecular formula is C12H25N3O. The van der Waals surface area contributed by atoms with Crippen LogP contribution in [0.5, 0.6) is 0 Å². The summed E-state index contributed by atoms with van der Waals surface area (Å²) in [6.45, 7) is 10.8. The molecule has 2 aliphatic heterocycles. The van der Waals surface area contributed by atoms with Crippen molar-refractivity contribution in [1.82, 2.24) is 9.80 Å². The second kappa shape index (κ2) is 5.96. The normalized spacial score (nSPS) is 30.8. The van der Waals surface area contributed by atoms with E-state index in [1.807, 2.05) is 0 Å². The monoisotopic (exact) mass is 227 g/mol. The van der Waals surface area contributed by atoms with Crippen molar-refractivity contribution in [1.29, 1.82) is 0 Å². The quantitative estimate of drug-likeness (QED) is 0.733. The highest BCUT2D eigenvalue weighted by Gasteiger charge is 2.26. The minimum Gasteiger partial charge on any atom is -0.379 e. The van der Waals surface area contributed by atoms with Gasteiger partial charge in [-0.05, 0) is 32.4 Å². The lowest BCUT2D eigenvalue weighted by molar-refractivity contribution is 0.0264. The van der Waals surface area contributed by atoms with Gasteiger partial charge in [0, 0.05) is 32.2 Å². The van der Waals surface area contributed by atoms with Crippen LogP contribution in [-0.4, -0.2) is 68.3 Å². The first-order valence-electron chi connectivity index (χ1n) is 6.54. The number of nitrogens with two attached hydrogens (primary N) is 1. The third-order valence-electron chi connectivity index (χ3n) is 3.90. The van der Waals surface area contributed by atoms with Gasteiger partial charge in [0.25, 0.3) is 0 Å². The molecule has 0 aromatic rings. The Morgan fingerprint density at radius 3 is 2.69 bits per heavy atom. The Morgan fingerprint density at radius 2 is 2.06 bits per heavy atom. The van der Waals surface area contributed by atoms with E-state index in [2.05, 4.69) is 16.7 Å². The molecule has 0 aliphatic carbocycles. The number of morpholine rings is 1. The average Bonchev–Trinajstić information content (AvgIpc) is 2.79. The molecule has 16 heavy (non-hydrogen) atoms. The first-order chi connectivity index (χ1) is 7.79. The van der Waals surface area contributed by atoms with Crippen LogP contribution in [0.15, 0.2) is 0 Å². The molecule has 2 N–H and O–H groups in total. The SMILES string of the molecule is CC(CN1CCOCC1)N1CCC(CN)C1. The second-order valence-corrected chi connectivity index (χ2v) is 5.15. The molecule has 4 nitrogen and oxygen atoms in total. The highest BCUT2D eigenvalue weighted by Crippen LogP contribution is 2.18. The fourth-order valence-corrected chi connectivity index (χ4v) is 2.73. The van der Waals surface area contributed by atoms with Gasteiger partial charge < -0.3 is 10.5 Å². The number of likely N-dealkylation sites (tertiary alicyclic amines) is 1. The summed E-state index contributed by atoms with van der Waals surface area (Å²) in [6.07, 6.45) is 1.28. The Labute approximate surface area is 98.7 Å². The predicted molar refractivity (Wildman–Crippen MR) is 65.5 cm³/mol. The molecule has 2 atom stereocenters. The van der Waals surface area contributed by atoms with Gasteiger partial charge in [0.1, 0.15) is 0 Å². The van der Waals surface area contributed by atoms with Crippen molar-refractivity contribution in [2.24, 2.45) is 11.7 Å². The minimum absolute atomic E-state index is 0.662. The average molecular weight is 227 g/mol. The number of ether oxygens (including phenoxy) is 1. The van der Waals surface area contributed by atoms with Gasteiger partial charge in [-0.2, -0.15) is 0 Å². The van der Waals surface area contributed by atoms with Crippen LogP contribution in [0.2, 0.25) is 0 Å². The standard InChI is InChI=1S/C12H25N3O/c1-11(9-14-4-6-16-7-5-14)15-3-2-12(8-13)10-15/h11-12H,2-10,13H2,1H3. The van der Waals surface area contributed by atoms with Crippen molar-refractivity contribution in [2.45, 2.75) is 19.4 Å². The van der Waals surface area contributed by atoms with E-state index in [1.54, 1.807) is 0 Å². The van der Waals surface area contributed by atoms with E-state index < -0.39 is 0 Å². The summed E-state index contributed by atoms with van der Waals surface area (Å²) >= 11 is 0. The summed E-state index contributed by atoms with van der Waals surface area (Å²) in [5.74, 6) is 0.729. The van der Waals surface area contributed by atoms with Gasteiger partial charge in [-0.3, -0.25) is 9.80 Å². The van der Waals surface area contributed by atoms with E-state index in [1.165, 1.54) is 26.1 Å². The summed E-state index contributed by atoms with van der Waals surface area (Å²) < 4.78 is 5.37. The fraction of sp³-hybridized carbons (Fsp3) is 1.00. The van der Waals surface area contributed by atoms with E-state index in [-0.39, 0.29) is 0 Å². The van der Waals surface area contributed by atoms with Crippen molar-refractivity contribution in [3.63, 3.8) is 0 Å². The lowest BCUT2D eigenvalue weighted by Crippen LogP contribution is -2.45. The molecule has 0 spiro atoms. The van der Waals surface area contributed by atoms with Crippen LogP contribution in [0.3, 0.4) is 0 Å². The van der Waals surface area contributed by atoms with Crippen LogP contribution in [-0.2, 0) is 4.74 Å². The molecule has 2 saturated heterocycles. The zero-order valence-electron chi connectivity index (χ0n) is 10.4. The summed E-state index contributed by atoms with van der Waals surface area (Å²) in [5.41, 5.74) is 5.73. The third kappa shape index (κ3) is 3.17. The number of hydrogen-bond donors (Lipinski definition) is 1. The molecule has 0 bridgehead atoms. The van der Waals surface area contributed by atoms with Crippen molar-refractivity contribution < 1.29 is 4.74 Å². The summed E-state index contributed by atoms with van der Waals surface area (Å²) in [4.78, 5) is 5.11. The zero-order valence-corrected chi connectivity index (χ0v) is 10.4. The van der Waals surface area contributed by atoms with Crippen LogP contribution in [0.1, 0.15) is 13.3 Å². The summed E-state index contributed by atoms with van der Waals surface area (Å²) in [6, 6.07) is 0.662. The van der Waals surface area contributed by atoms with Gasteiger partial charge in [-0.25, -0.2) is 0 Å². The topological polar surface area (TPSA) is 41.7 Å². The Morgan fingerprint density at radius 1 is 1.31 bits per heavy atom. The lowest BCUT2D eigenvalue weighted by atomic mass is 10.1. The predicted octanol–water partition coefficient (Wildman–Crippen LogP) is -0.0123. The van der Waals surface area contributed by atoms with E-state index in [0.29, 0.717) is 6.04 Å². The van der Waals surface area contributed by atoms with Crippen molar-refractivity contribution in [2.75, 3.05) is 52.5 Å². The fourth-order valence-electron chi connectivity index (χ4n) is 2.73. The maximum atomic E-state index is 5.73. The Bertz CT molecular complexity index is 206. The molecular weight excluding hydrogens is 202 g/mol. The maximum absolute atomic E-state index is 5.73. The lowest BCUT2D eigenvalue weighted by Gasteiger charge is -2.33. The van der Waals surface area contributed by atoms with Crippen molar-refractivity contribution >= 4 is 0 Å². The molecule has 0 amide bonds. The van der Waals surface area contributed by atoms with Gasteiger partial charge in [0.15, 0.2) is 0 Å². The van der Waals surface area contributed by atoms with E-state index >= 15 is 0 Å². The molecule has 2 heterocycles. The molecule has 4 heteroatoms. The largest absolute Gasteiger partial charge is 0.379 e. The van der Waals surface area contributed by atoms with Gasteiger partial charge in [-0.15, -0.1) is 0 Å². The summed E-state index contributed by atoms with van der Waals surface area (Å²) in [7, 11) is 0. The van der Waals surface area contributed by atoms with E-state index in [0.717, 1.165) is 38.8 Å². The molecule has 94 valence electrons. The van der Waals surface area contributed by atoms with Crippen LogP contribution in [0, 0.1) is 5.92 Å². The van der Waals surface area contributed by atoms with Crippen LogP contribution >= 0.6 is 0 Å². The van der Waals surface area contributed by atoms with Gasteiger partial charge in [0.05, 0.1) is 13.2 Å². The van der Waals surface area contributed by atoms with Gasteiger partial charge in [0.2, 0.25) is 0 Å². The van der Waals surface area contributed by atoms with E-state index in [9.17, 15) is 0 Å². The van der Waals surface area contributed by atoms with Crippen LogP contribution in [0.4, 0.5) is 0 Å². The Balaban J connectivity index is 1.72. The molecule has 2 rings (SSSR count). The number of hydrogen-bond acceptors (Lipinski definition) is 4. The second-order valence-electron chi connectivity index (χ2n) is 5.15. The Hall–Kier alpha value is -0.160. The van der Waals surface area contributed by atoms with Gasteiger partial charge >= 0.3 is 0 Å². The third-order valence-corrected chi connectivity index (χ3v) is 3.90. The summed E-state index contributed by atoms with van der Waals surface area (Å²) in [5, 5.41) is 0. The minimum atomic E-state index is 0.662. The first-order valence-corrected chi connectivity index (χ1v) is 6.54. The molecule has 0 aromatic carbocycles. The molecule has 2 unspecified atom stereocenters.